The lowest BCUT2D eigenvalue weighted by molar-refractivity contribution is 0.0602. The zero-order valence-electron chi connectivity index (χ0n) is 11.6. The van der Waals surface area contributed by atoms with Crippen LogP contribution in [-0.2, 0) is 4.74 Å². The van der Waals surface area contributed by atoms with E-state index in [-0.39, 0.29) is 0 Å². The van der Waals surface area contributed by atoms with Crippen LogP contribution >= 0.6 is 0 Å². The topological polar surface area (TPSA) is 70.1 Å². The van der Waals surface area contributed by atoms with Crippen molar-refractivity contribution in [3.8, 4) is 5.69 Å². The van der Waals surface area contributed by atoms with Gasteiger partial charge in [-0.05, 0) is 43.5 Å². The van der Waals surface area contributed by atoms with Gasteiger partial charge in [0.15, 0.2) is 0 Å². The fraction of sp³-hybridized carbons (Fsp3) is 0.333. The van der Waals surface area contributed by atoms with Crippen molar-refractivity contribution in [3.05, 3.63) is 41.2 Å². The van der Waals surface area contributed by atoms with Gasteiger partial charge in [-0.3, -0.25) is 0 Å². The second-order valence-corrected chi connectivity index (χ2v) is 5.17. The number of nitrogens with two attached hydrogens (primary N) is 1. The Morgan fingerprint density at radius 1 is 1.45 bits per heavy atom. The first-order valence-corrected chi connectivity index (χ1v) is 6.64. The van der Waals surface area contributed by atoms with E-state index in [0.29, 0.717) is 17.2 Å². The van der Waals surface area contributed by atoms with Crippen molar-refractivity contribution >= 4 is 11.7 Å². The third kappa shape index (κ3) is 2.15. The molecule has 0 radical (unpaired) electrons. The lowest BCUT2D eigenvalue weighted by Gasteiger charge is -2.10. The van der Waals surface area contributed by atoms with E-state index >= 15 is 0 Å². The first-order valence-electron chi connectivity index (χ1n) is 6.64. The molecule has 0 saturated heterocycles. The van der Waals surface area contributed by atoms with Crippen molar-refractivity contribution in [2.75, 3.05) is 12.8 Å². The maximum Gasteiger partial charge on any atom is 0.340 e. The van der Waals surface area contributed by atoms with Gasteiger partial charge in [-0.1, -0.05) is 0 Å². The van der Waals surface area contributed by atoms with Gasteiger partial charge >= 0.3 is 5.97 Å². The maximum atomic E-state index is 11.8. The predicted molar refractivity (Wildman–Crippen MR) is 76.0 cm³/mol. The third-order valence-corrected chi connectivity index (χ3v) is 3.65. The lowest BCUT2D eigenvalue weighted by Crippen LogP contribution is -2.09. The molecular formula is C15H17N3O2. The van der Waals surface area contributed by atoms with E-state index in [1.807, 2.05) is 25.3 Å². The van der Waals surface area contributed by atoms with Gasteiger partial charge in [-0.25, -0.2) is 9.48 Å². The van der Waals surface area contributed by atoms with E-state index in [1.165, 1.54) is 20.0 Å². The van der Waals surface area contributed by atoms with Gasteiger partial charge in [-0.15, -0.1) is 0 Å². The Kier molecular flexibility index (Phi) is 2.97. The Labute approximate surface area is 117 Å². The van der Waals surface area contributed by atoms with Crippen LogP contribution in [-0.4, -0.2) is 22.9 Å². The Morgan fingerprint density at radius 3 is 2.85 bits per heavy atom. The number of methoxy groups -OCH3 is 1. The van der Waals surface area contributed by atoms with E-state index in [4.69, 9.17) is 10.5 Å². The summed E-state index contributed by atoms with van der Waals surface area (Å²) in [5, 5.41) is 4.56. The van der Waals surface area contributed by atoms with E-state index in [1.54, 1.807) is 10.7 Å². The van der Waals surface area contributed by atoms with Gasteiger partial charge in [0.2, 0.25) is 0 Å². The zero-order valence-corrected chi connectivity index (χ0v) is 11.6. The minimum absolute atomic E-state index is 0.381. The number of carbonyl (C=O) groups excluding carboxylic acids is 1. The Balaban J connectivity index is 2.03. The number of rotatable bonds is 3. The average molecular weight is 271 g/mol. The Hall–Kier alpha value is -2.30. The second-order valence-electron chi connectivity index (χ2n) is 5.17. The van der Waals surface area contributed by atoms with Crippen molar-refractivity contribution in [2.24, 2.45) is 0 Å². The van der Waals surface area contributed by atoms with Crippen LogP contribution in [0.25, 0.3) is 5.69 Å². The monoisotopic (exact) mass is 271 g/mol. The van der Waals surface area contributed by atoms with Crippen molar-refractivity contribution in [1.82, 2.24) is 9.78 Å². The molecule has 1 aromatic heterocycles. The van der Waals surface area contributed by atoms with Crippen molar-refractivity contribution in [2.45, 2.75) is 25.7 Å². The van der Waals surface area contributed by atoms with Gasteiger partial charge in [0, 0.05) is 17.8 Å². The highest BCUT2D eigenvalue weighted by molar-refractivity contribution is 5.96. The highest BCUT2D eigenvalue weighted by atomic mass is 16.5. The van der Waals surface area contributed by atoms with Gasteiger partial charge < -0.3 is 10.5 Å². The first-order chi connectivity index (χ1) is 9.60. The summed E-state index contributed by atoms with van der Waals surface area (Å²) in [5.41, 5.74) is 9.55. The van der Waals surface area contributed by atoms with E-state index < -0.39 is 5.97 Å². The minimum atomic E-state index is -0.429. The minimum Gasteiger partial charge on any atom is -0.465 e. The van der Waals surface area contributed by atoms with Crippen LogP contribution in [0, 0.1) is 6.92 Å². The summed E-state index contributed by atoms with van der Waals surface area (Å²) in [7, 11) is 1.35. The number of benzene rings is 1. The quantitative estimate of drug-likeness (QED) is 0.687. The van der Waals surface area contributed by atoms with Crippen LogP contribution in [0.4, 0.5) is 5.69 Å². The molecule has 0 atom stereocenters. The number of ether oxygens (including phenoxy) is 1. The normalized spacial score (nSPS) is 14.3. The molecule has 1 aliphatic rings. The molecule has 0 aliphatic heterocycles. The average Bonchev–Trinajstić information content (AvgIpc) is 3.18. The van der Waals surface area contributed by atoms with Gasteiger partial charge in [-0.2, -0.15) is 5.10 Å². The molecule has 5 nitrogen and oxygen atoms in total. The summed E-state index contributed by atoms with van der Waals surface area (Å²) in [4.78, 5) is 11.8. The summed E-state index contributed by atoms with van der Waals surface area (Å²) in [5.74, 6) is 0.174. The molecule has 0 bridgehead atoms. The maximum absolute atomic E-state index is 11.8. The molecular weight excluding hydrogens is 254 g/mol. The summed E-state index contributed by atoms with van der Waals surface area (Å²) in [6.07, 6.45) is 4.34. The molecule has 1 aliphatic carbocycles. The molecule has 5 heteroatoms. The number of aromatic nitrogens is 2. The Bertz CT molecular complexity index is 672. The van der Waals surface area contributed by atoms with Crippen LogP contribution in [0.5, 0.6) is 0 Å². The second kappa shape index (κ2) is 4.67. The molecule has 1 saturated carbocycles. The molecule has 20 heavy (non-hydrogen) atoms. The summed E-state index contributed by atoms with van der Waals surface area (Å²) < 4.78 is 6.55. The van der Waals surface area contributed by atoms with Gasteiger partial charge in [0.1, 0.15) is 0 Å². The van der Waals surface area contributed by atoms with Crippen LogP contribution in [0.15, 0.2) is 24.4 Å². The van der Waals surface area contributed by atoms with Crippen LogP contribution in [0.3, 0.4) is 0 Å². The number of esters is 1. The molecule has 104 valence electrons. The molecule has 1 fully saturated rings. The van der Waals surface area contributed by atoms with Gasteiger partial charge in [0.05, 0.1) is 24.1 Å². The fourth-order valence-corrected chi connectivity index (χ4v) is 2.27. The molecule has 0 unspecified atom stereocenters. The molecule has 2 aromatic rings. The predicted octanol–water partition coefficient (Wildman–Crippen LogP) is 2.43. The molecule has 1 heterocycles. The molecule has 1 aromatic carbocycles. The first kappa shape index (κ1) is 12.7. The molecule has 2 N–H and O–H groups in total. The highest BCUT2D eigenvalue weighted by Crippen LogP contribution is 2.39. The summed E-state index contributed by atoms with van der Waals surface area (Å²) in [6, 6.07) is 5.67. The summed E-state index contributed by atoms with van der Waals surface area (Å²) >= 11 is 0. The van der Waals surface area contributed by atoms with Crippen molar-refractivity contribution in [1.29, 1.82) is 0 Å². The van der Waals surface area contributed by atoms with E-state index in [2.05, 4.69) is 5.10 Å². The SMILES string of the molecule is COC(=O)c1cc(-n2ccc(C3CC3)n2)cc(C)c1N. The van der Waals surface area contributed by atoms with Crippen LogP contribution in [0.1, 0.15) is 40.4 Å². The van der Waals surface area contributed by atoms with Crippen molar-refractivity contribution < 1.29 is 9.53 Å². The largest absolute Gasteiger partial charge is 0.465 e. The molecule has 0 spiro atoms. The molecule has 3 rings (SSSR count). The smallest absolute Gasteiger partial charge is 0.340 e. The highest BCUT2D eigenvalue weighted by Gasteiger charge is 2.26. The van der Waals surface area contributed by atoms with E-state index in [0.717, 1.165) is 16.9 Å². The van der Waals surface area contributed by atoms with E-state index in [9.17, 15) is 4.79 Å². The van der Waals surface area contributed by atoms with Crippen LogP contribution in [0.2, 0.25) is 0 Å². The number of nitrogen functional groups attached to an aromatic ring is 1. The summed E-state index contributed by atoms with van der Waals surface area (Å²) in [6.45, 7) is 1.87. The standard InChI is InChI=1S/C15H17N3O2/c1-9-7-11(8-12(14(9)16)15(19)20-2)18-6-5-13(17-18)10-3-4-10/h5-8,10H,3-4,16H2,1-2H3. The lowest BCUT2D eigenvalue weighted by atomic mass is 10.1. The number of hydrogen-bond acceptors (Lipinski definition) is 4. The number of nitrogens with zero attached hydrogens (tertiary/aromatic N) is 2. The Morgan fingerprint density at radius 2 is 2.20 bits per heavy atom. The zero-order chi connectivity index (χ0) is 14.3. The number of aryl methyl sites for hydroxylation is 1. The van der Waals surface area contributed by atoms with Crippen LogP contribution < -0.4 is 5.73 Å². The number of carbonyl (C=O) groups is 1. The van der Waals surface area contributed by atoms with Gasteiger partial charge in [0.25, 0.3) is 0 Å². The third-order valence-electron chi connectivity index (χ3n) is 3.65. The van der Waals surface area contributed by atoms with Crippen molar-refractivity contribution in [3.63, 3.8) is 0 Å². The number of hydrogen-bond donors (Lipinski definition) is 1. The number of anilines is 1. The molecule has 0 amide bonds. The fourth-order valence-electron chi connectivity index (χ4n) is 2.27.